The van der Waals surface area contributed by atoms with Gasteiger partial charge in [0, 0.05) is 16.1 Å². The molecule has 0 saturated heterocycles. The Morgan fingerprint density at radius 2 is 2.05 bits per heavy atom. The molecule has 3 atom stereocenters. The minimum Gasteiger partial charge on any atom is -0.310 e. The summed E-state index contributed by atoms with van der Waals surface area (Å²) in [4.78, 5) is 0. The van der Waals surface area contributed by atoms with Gasteiger partial charge in [-0.2, -0.15) is 0 Å². The van der Waals surface area contributed by atoms with Crippen LogP contribution in [0, 0.1) is 11.8 Å². The van der Waals surface area contributed by atoms with Crippen LogP contribution in [-0.2, 0) is 0 Å². The Morgan fingerprint density at radius 1 is 1.26 bits per heavy atom. The van der Waals surface area contributed by atoms with Crippen molar-refractivity contribution in [3.05, 3.63) is 33.8 Å². The van der Waals surface area contributed by atoms with E-state index >= 15 is 0 Å². The molecule has 0 aromatic heterocycles. The Bertz CT molecular complexity index is 419. The summed E-state index contributed by atoms with van der Waals surface area (Å²) < 4.78 is 0. The number of hydrogen-bond acceptors (Lipinski definition) is 1. The first-order valence-electron chi connectivity index (χ1n) is 7.34. The molecular weight excluding hydrogens is 277 g/mol. The van der Waals surface area contributed by atoms with Gasteiger partial charge in [0.2, 0.25) is 0 Å². The molecule has 1 nitrogen and oxygen atoms in total. The van der Waals surface area contributed by atoms with E-state index in [1.54, 1.807) is 0 Å². The van der Waals surface area contributed by atoms with E-state index in [0.717, 1.165) is 28.1 Å². The third kappa shape index (κ3) is 3.65. The molecule has 0 aliphatic heterocycles. The molecule has 1 aromatic carbocycles. The predicted molar refractivity (Wildman–Crippen MR) is 84.0 cm³/mol. The van der Waals surface area contributed by atoms with Crippen molar-refractivity contribution in [1.29, 1.82) is 0 Å². The standard InChI is InChI=1S/C16H23Cl2N/c1-3-11-5-6-12(9-11)16(19-4-2)14-10-13(17)7-8-15(14)18/h7-8,10-12,16,19H,3-6,9H2,1-2H3. The highest BCUT2D eigenvalue weighted by atomic mass is 35.5. The Hall–Kier alpha value is -0.240. The Kier molecular flexibility index (Phi) is 5.56. The highest BCUT2D eigenvalue weighted by molar-refractivity contribution is 6.33. The minimum absolute atomic E-state index is 0.341. The van der Waals surface area contributed by atoms with E-state index in [0.29, 0.717) is 12.0 Å². The number of benzene rings is 1. The quantitative estimate of drug-likeness (QED) is 0.760. The number of nitrogens with one attached hydrogen (secondary N) is 1. The van der Waals surface area contributed by atoms with Crippen molar-refractivity contribution in [2.45, 2.75) is 45.6 Å². The second-order valence-corrected chi connectivity index (χ2v) is 6.39. The van der Waals surface area contributed by atoms with E-state index in [-0.39, 0.29) is 0 Å². The summed E-state index contributed by atoms with van der Waals surface area (Å²) in [5, 5.41) is 5.21. The fourth-order valence-corrected chi connectivity index (χ4v) is 3.71. The summed E-state index contributed by atoms with van der Waals surface area (Å²) >= 11 is 12.5. The first kappa shape index (κ1) is 15.2. The molecule has 1 fully saturated rings. The van der Waals surface area contributed by atoms with Crippen LogP contribution >= 0.6 is 23.2 Å². The highest BCUT2D eigenvalue weighted by Gasteiger charge is 2.31. The lowest BCUT2D eigenvalue weighted by atomic mass is 9.90. The normalized spacial score (nSPS) is 24.6. The summed E-state index contributed by atoms with van der Waals surface area (Å²) in [6.45, 7) is 5.40. The monoisotopic (exact) mass is 299 g/mol. The van der Waals surface area contributed by atoms with E-state index in [1.165, 1.54) is 25.7 Å². The SMILES string of the molecule is CCNC(c1cc(Cl)ccc1Cl)C1CCC(CC)C1. The van der Waals surface area contributed by atoms with Crippen molar-refractivity contribution in [2.24, 2.45) is 11.8 Å². The van der Waals surface area contributed by atoms with Crippen molar-refractivity contribution < 1.29 is 0 Å². The van der Waals surface area contributed by atoms with Crippen molar-refractivity contribution in [3.63, 3.8) is 0 Å². The average molecular weight is 300 g/mol. The zero-order chi connectivity index (χ0) is 13.8. The molecule has 1 aliphatic carbocycles. The van der Waals surface area contributed by atoms with E-state index in [4.69, 9.17) is 23.2 Å². The molecule has 19 heavy (non-hydrogen) atoms. The lowest BCUT2D eigenvalue weighted by molar-refractivity contribution is 0.359. The van der Waals surface area contributed by atoms with Crippen LogP contribution < -0.4 is 5.32 Å². The molecule has 1 saturated carbocycles. The van der Waals surface area contributed by atoms with Gasteiger partial charge < -0.3 is 5.32 Å². The van der Waals surface area contributed by atoms with Gasteiger partial charge in [-0.05, 0) is 55.0 Å². The molecule has 0 amide bonds. The van der Waals surface area contributed by atoms with Gasteiger partial charge in [0.1, 0.15) is 0 Å². The van der Waals surface area contributed by atoms with Crippen LogP contribution in [0.5, 0.6) is 0 Å². The first-order valence-corrected chi connectivity index (χ1v) is 8.09. The fourth-order valence-electron chi connectivity index (χ4n) is 3.29. The molecule has 0 radical (unpaired) electrons. The Morgan fingerprint density at radius 3 is 2.68 bits per heavy atom. The van der Waals surface area contributed by atoms with Gasteiger partial charge in [-0.15, -0.1) is 0 Å². The largest absolute Gasteiger partial charge is 0.310 e. The maximum atomic E-state index is 6.38. The molecule has 106 valence electrons. The summed E-state index contributed by atoms with van der Waals surface area (Å²) in [6.07, 6.45) is 5.23. The Balaban J connectivity index is 2.22. The van der Waals surface area contributed by atoms with Gasteiger partial charge >= 0.3 is 0 Å². The van der Waals surface area contributed by atoms with Gasteiger partial charge in [-0.25, -0.2) is 0 Å². The zero-order valence-electron chi connectivity index (χ0n) is 11.8. The third-order valence-electron chi connectivity index (χ3n) is 4.35. The van der Waals surface area contributed by atoms with E-state index in [2.05, 4.69) is 19.2 Å². The van der Waals surface area contributed by atoms with Crippen LogP contribution in [0.4, 0.5) is 0 Å². The summed E-state index contributed by atoms with van der Waals surface area (Å²) in [5.41, 5.74) is 1.16. The molecule has 1 aliphatic rings. The molecule has 0 heterocycles. The Labute approximate surface area is 126 Å². The van der Waals surface area contributed by atoms with Crippen LogP contribution in [0.1, 0.15) is 51.1 Å². The van der Waals surface area contributed by atoms with Crippen LogP contribution in [0.3, 0.4) is 0 Å². The lowest BCUT2D eigenvalue weighted by Gasteiger charge is -2.26. The summed E-state index contributed by atoms with van der Waals surface area (Å²) in [5.74, 6) is 1.56. The highest BCUT2D eigenvalue weighted by Crippen LogP contribution is 2.42. The fraction of sp³-hybridized carbons (Fsp3) is 0.625. The predicted octanol–water partition coefficient (Wildman–Crippen LogP) is 5.47. The first-order chi connectivity index (χ1) is 9.15. The maximum Gasteiger partial charge on any atom is 0.0454 e. The smallest absolute Gasteiger partial charge is 0.0454 e. The van der Waals surface area contributed by atoms with Crippen molar-refractivity contribution >= 4 is 23.2 Å². The van der Waals surface area contributed by atoms with Gasteiger partial charge in [0.25, 0.3) is 0 Å². The second-order valence-electron chi connectivity index (χ2n) is 5.55. The van der Waals surface area contributed by atoms with E-state index in [9.17, 15) is 0 Å². The topological polar surface area (TPSA) is 12.0 Å². The van der Waals surface area contributed by atoms with Crippen LogP contribution in [0.25, 0.3) is 0 Å². The number of halogens is 2. The number of hydrogen-bond donors (Lipinski definition) is 1. The van der Waals surface area contributed by atoms with Crippen LogP contribution in [-0.4, -0.2) is 6.54 Å². The minimum atomic E-state index is 0.341. The molecule has 0 bridgehead atoms. The second kappa shape index (κ2) is 6.97. The van der Waals surface area contributed by atoms with Gasteiger partial charge in [0.05, 0.1) is 0 Å². The van der Waals surface area contributed by atoms with Crippen LogP contribution in [0.15, 0.2) is 18.2 Å². The van der Waals surface area contributed by atoms with Crippen molar-refractivity contribution in [2.75, 3.05) is 6.54 Å². The van der Waals surface area contributed by atoms with Crippen molar-refractivity contribution in [3.8, 4) is 0 Å². The van der Waals surface area contributed by atoms with Gasteiger partial charge in [-0.3, -0.25) is 0 Å². The molecule has 2 rings (SSSR count). The van der Waals surface area contributed by atoms with Crippen molar-refractivity contribution in [1.82, 2.24) is 5.32 Å². The van der Waals surface area contributed by atoms with Gasteiger partial charge in [-0.1, -0.05) is 49.9 Å². The van der Waals surface area contributed by atoms with Crippen LogP contribution in [0.2, 0.25) is 10.0 Å². The van der Waals surface area contributed by atoms with E-state index in [1.807, 2.05) is 18.2 Å². The summed E-state index contributed by atoms with van der Waals surface area (Å²) in [6, 6.07) is 6.14. The molecule has 3 unspecified atom stereocenters. The average Bonchev–Trinajstić information content (AvgIpc) is 2.88. The third-order valence-corrected chi connectivity index (χ3v) is 4.93. The molecule has 3 heteroatoms. The summed E-state index contributed by atoms with van der Waals surface area (Å²) in [7, 11) is 0. The zero-order valence-corrected chi connectivity index (χ0v) is 13.3. The lowest BCUT2D eigenvalue weighted by Crippen LogP contribution is -2.27. The number of rotatable bonds is 5. The molecule has 0 spiro atoms. The molecule has 1 aromatic rings. The molecular formula is C16H23Cl2N. The van der Waals surface area contributed by atoms with Gasteiger partial charge in [0.15, 0.2) is 0 Å². The maximum absolute atomic E-state index is 6.38. The molecule has 1 N–H and O–H groups in total. The van der Waals surface area contributed by atoms with E-state index < -0.39 is 0 Å².